The highest BCUT2D eigenvalue weighted by Gasteiger charge is 2.28. The Morgan fingerprint density at radius 3 is 3.08 bits per heavy atom. The third-order valence-corrected chi connectivity index (χ3v) is 2.48. The maximum absolute atomic E-state index is 11.3. The summed E-state index contributed by atoms with van der Waals surface area (Å²) in [6, 6.07) is 0. The molecule has 1 saturated heterocycles. The molecule has 12 heavy (non-hydrogen) atoms. The van der Waals surface area contributed by atoms with Gasteiger partial charge in [0.25, 0.3) is 5.91 Å². The predicted molar refractivity (Wildman–Crippen MR) is 45.9 cm³/mol. The van der Waals surface area contributed by atoms with Gasteiger partial charge in [-0.15, -0.1) is 0 Å². The van der Waals surface area contributed by atoms with Crippen molar-refractivity contribution in [3.8, 4) is 0 Å². The van der Waals surface area contributed by atoms with Gasteiger partial charge in [0, 0.05) is 25.4 Å². The van der Waals surface area contributed by atoms with Crippen molar-refractivity contribution in [1.29, 1.82) is 0 Å². The monoisotopic (exact) mass is 164 g/mol. The summed E-state index contributed by atoms with van der Waals surface area (Å²) in [5, 5.41) is 0. The van der Waals surface area contributed by atoms with Crippen LogP contribution in [0, 0.1) is 0 Å². The van der Waals surface area contributed by atoms with Gasteiger partial charge >= 0.3 is 0 Å². The van der Waals surface area contributed by atoms with Gasteiger partial charge in [-0.2, -0.15) is 0 Å². The fourth-order valence-electron chi connectivity index (χ4n) is 1.69. The molecular weight excluding hydrogens is 152 g/mol. The summed E-state index contributed by atoms with van der Waals surface area (Å²) in [5.74, 6) is 0.864. The Kier molecular flexibility index (Phi) is 1.46. The van der Waals surface area contributed by atoms with Crippen LogP contribution in [0.4, 0.5) is 0 Å². The minimum absolute atomic E-state index is 0.0492. The van der Waals surface area contributed by atoms with Crippen molar-refractivity contribution in [1.82, 2.24) is 9.80 Å². The van der Waals surface area contributed by atoms with Gasteiger partial charge in [0.15, 0.2) is 0 Å². The Balaban J connectivity index is 2.38. The molecule has 2 rings (SSSR count). The molecule has 0 aromatic rings. The Morgan fingerprint density at radius 1 is 1.58 bits per heavy atom. The number of fused-ring (bicyclic) bond motifs is 1. The number of rotatable bonds is 0. The van der Waals surface area contributed by atoms with E-state index in [1.807, 2.05) is 0 Å². The van der Waals surface area contributed by atoms with E-state index in [-0.39, 0.29) is 5.91 Å². The number of allylic oxidation sites excluding steroid dienone is 1. The van der Waals surface area contributed by atoms with Crippen LogP contribution >= 0.6 is 0 Å². The summed E-state index contributed by atoms with van der Waals surface area (Å²) in [6.07, 6.45) is 3.85. The summed E-state index contributed by atoms with van der Waals surface area (Å²) in [5.41, 5.74) is 1.13. The second-order valence-corrected chi connectivity index (χ2v) is 3.20. The van der Waals surface area contributed by atoms with Gasteiger partial charge in [0.2, 0.25) is 0 Å². The lowest BCUT2D eigenvalue weighted by Crippen LogP contribution is -2.37. The van der Waals surface area contributed by atoms with E-state index in [2.05, 4.69) is 11.5 Å². The third-order valence-electron chi connectivity index (χ3n) is 2.48. The molecule has 0 saturated carbocycles. The molecule has 2 aliphatic heterocycles. The lowest BCUT2D eigenvalue weighted by atomic mass is 10.2. The second kappa shape index (κ2) is 2.37. The zero-order valence-electron chi connectivity index (χ0n) is 7.21. The average Bonchev–Trinajstić information content (AvgIpc) is 2.48. The van der Waals surface area contributed by atoms with E-state index in [1.54, 1.807) is 18.0 Å². The van der Waals surface area contributed by atoms with Crippen molar-refractivity contribution in [2.24, 2.45) is 0 Å². The normalized spacial score (nSPS) is 22.9. The molecule has 64 valence electrons. The Morgan fingerprint density at radius 2 is 2.33 bits per heavy atom. The molecule has 0 aromatic heterocycles. The van der Waals surface area contributed by atoms with Crippen LogP contribution in [0.2, 0.25) is 0 Å². The van der Waals surface area contributed by atoms with Gasteiger partial charge < -0.3 is 4.90 Å². The molecule has 1 fully saturated rings. The van der Waals surface area contributed by atoms with Crippen LogP contribution in [0.25, 0.3) is 0 Å². The molecule has 0 unspecified atom stereocenters. The van der Waals surface area contributed by atoms with Crippen LogP contribution in [0.15, 0.2) is 24.2 Å². The molecule has 0 atom stereocenters. The van der Waals surface area contributed by atoms with Crippen molar-refractivity contribution < 1.29 is 4.79 Å². The molecule has 0 bridgehead atoms. The van der Waals surface area contributed by atoms with Gasteiger partial charge in [-0.3, -0.25) is 9.69 Å². The number of carbonyl (C=O) groups is 1. The first-order valence-electron chi connectivity index (χ1n) is 4.15. The maximum atomic E-state index is 11.3. The van der Waals surface area contributed by atoms with E-state index in [9.17, 15) is 4.79 Å². The van der Waals surface area contributed by atoms with E-state index >= 15 is 0 Å². The van der Waals surface area contributed by atoms with Gasteiger partial charge in [0.1, 0.15) is 5.82 Å². The Hall–Kier alpha value is -1.25. The molecule has 0 spiro atoms. The molecule has 2 aliphatic rings. The number of amides is 1. The molecule has 0 N–H and O–H groups in total. The number of carbonyl (C=O) groups excluding carboxylic acids is 1. The predicted octanol–water partition coefficient (Wildman–Crippen LogP) is 0.909. The first-order chi connectivity index (χ1) is 5.70. The fraction of sp³-hybridized carbons (Fsp3) is 0.444. The average molecular weight is 164 g/mol. The Bertz CT molecular complexity index is 280. The van der Waals surface area contributed by atoms with E-state index in [1.165, 1.54) is 0 Å². The minimum atomic E-state index is 0.0492. The fourth-order valence-corrected chi connectivity index (χ4v) is 1.69. The van der Waals surface area contributed by atoms with Gasteiger partial charge in [-0.25, -0.2) is 0 Å². The van der Waals surface area contributed by atoms with Crippen LogP contribution in [0.5, 0.6) is 0 Å². The van der Waals surface area contributed by atoms with E-state index in [0.29, 0.717) is 0 Å². The second-order valence-electron chi connectivity index (χ2n) is 3.20. The van der Waals surface area contributed by atoms with Crippen LogP contribution in [-0.2, 0) is 4.79 Å². The van der Waals surface area contributed by atoms with Crippen LogP contribution in [-0.4, -0.2) is 29.3 Å². The summed E-state index contributed by atoms with van der Waals surface area (Å²) in [6.45, 7) is 4.88. The van der Waals surface area contributed by atoms with Crippen molar-refractivity contribution in [3.05, 3.63) is 24.2 Å². The number of hydrogen-bond donors (Lipinski definition) is 0. The lowest BCUT2D eigenvalue weighted by molar-refractivity contribution is -0.124. The van der Waals surface area contributed by atoms with Gasteiger partial charge in [-0.1, -0.05) is 6.58 Å². The molecule has 2 heterocycles. The van der Waals surface area contributed by atoms with Crippen LogP contribution in [0.1, 0.15) is 12.8 Å². The first-order valence-corrected chi connectivity index (χ1v) is 4.15. The first kappa shape index (κ1) is 7.40. The molecule has 3 nitrogen and oxygen atoms in total. The van der Waals surface area contributed by atoms with Crippen molar-refractivity contribution in [2.75, 3.05) is 13.6 Å². The molecule has 0 aliphatic carbocycles. The van der Waals surface area contributed by atoms with E-state index in [0.717, 1.165) is 30.9 Å². The highest BCUT2D eigenvalue weighted by Crippen LogP contribution is 2.29. The van der Waals surface area contributed by atoms with E-state index < -0.39 is 0 Å². The maximum Gasteiger partial charge on any atom is 0.253 e. The quantitative estimate of drug-likeness (QED) is 0.531. The lowest BCUT2D eigenvalue weighted by Gasteiger charge is -2.32. The summed E-state index contributed by atoms with van der Waals surface area (Å²) >= 11 is 0. The van der Waals surface area contributed by atoms with Gasteiger partial charge in [-0.05, 0) is 12.8 Å². The topological polar surface area (TPSA) is 23.6 Å². The molecule has 0 radical (unpaired) electrons. The van der Waals surface area contributed by atoms with Crippen molar-refractivity contribution in [2.45, 2.75) is 12.8 Å². The zero-order chi connectivity index (χ0) is 8.72. The SMILES string of the molecule is C=C1N(C)C(=O)C=C2CCCN12. The van der Waals surface area contributed by atoms with E-state index in [4.69, 9.17) is 0 Å². The van der Waals surface area contributed by atoms with Crippen molar-refractivity contribution >= 4 is 5.91 Å². The molecule has 0 aromatic carbocycles. The van der Waals surface area contributed by atoms with Crippen LogP contribution < -0.4 is 0 Å². The largest absolute Gasteiger partial charge is 0.332 e. The number of hydrogen-bond acceptors (Lipinski definition) is 2. The summed E-state index contributed by atoms with van der Waals surface area (Å²) in [7, 11) is 1.76. The van der Waals surface area contributed by atoms with Crippen LogP contribution in [0.3, 0.4) is 0 Å². The highest BCUT2D eigenvalue weighted by atomic mass is 16.2. The molecular formula is C9H12N2O. The smallest absolute Gasteiger partial charge is 0.253 e. The minimum Gasteiger partial charge on any atom is -0.332 e. The summed E-state index contributed by atoms with van der Waals surface area (Å²) < 4.78 is 0. The standard InChI is InChI=1S/C9H12N2O/c1-7-10(2)9(12)6-8-4-3-5-11(7)8/h6H,1,3-5H2,2H3. The molecule has 1 amide bonds. The number of likely N-dealkylation sites (N-methyl/N-ethyl adjacent to an activating group) is 1. The highest BCUT2D eigenvalue weighted by molar-refractivity contribution is 5.90. The third kappa shape index (κ3) is 0.858. The van der Waals surface area contributed by atoms with Gasteiger partial charge in [0.05, 0.1) is 0 Å². The molecule has 3 heteroatoms. The Labute approximate surface area is 71.9 Å². The van der Waals surface area contributed by atoms with Crippen molar-refractivity contribution in [3.63, 3.8) is 0 Å². The number of nitrogens with zero attached hydrogens (tertiary/aromatic N) is 2. The zero-order valence-corrected chi connectivity index (χ0v) is 7.21. The summed E-state index contributed by atoms with van der Waals surface area (Å²) in [4.78, 5) is 15.0.